The molecule has 24 heavy (non-hydrogen) atoms. The van der Waals surface area contributed by atoms with E-state index in [1.54, 1.807) is 6.92 Å². The van der Waals surface area contributed by atoms with E-state index in [-0.39, 0.29) is 17.5 Å². The highest BCUT2D eigenvalue weighted by Gasteiger charge is 2.51. The fourth-order valence-electron chi connectivity index (χ4n) is 3.67. The lowest BCUT2D eigenvalue weighted by molar-refractivity contribution is -0.146. The van der Waals surface area contributed by atoms with Crippen molar-refractivity contribution < 1.29 is 27.9 Å². The van der Waals surface area contributed by atoms with Gasteiger partial charge in [0.25, 0.3) is 0 Å². The number of hydrogen-bond acceptors (Lipinski definition) is 2. The lowest BCUT2D eigenvalue weighted by atomic mass is 9.82. The number of benzene rings is 1. The highest BCUT2D eigenvalue weighted by molar-refractivity contribution is 5.97. The second-order valence-electron chi connectivity index (χ2n) is 6.35. The number of allylic oxidation sites excluding steroid dienone is 2. The minimum absolute atomic E-state index is 0.0608. The van der Waals surface area contributed by atoms with Gasteiger partial charge in [0.05, 0.1) is 17.4 Å². The first-order chi connectivity index (χ1) is 11.2. The van der Waals surface area contributed by atoms with Crippen LogP contribution >= 0.6 is 0 Å². The summed E-state index contributed by atoms with van der Waals surface area (Å²) in [5.74, 6) is -3.54. The van der Waals surface area contributed by atoms with Gasteiger partial charge in [0.15, 0.2) is 0 Å². The summed E-state index contributed by atoms with van der Waals surface area (Å²) in [4.78, 5) is 24.0. The highest BCUT2D eigenvalue weighted by Crippen LogP contribution is 2.48. The molecule has 128 valence electrons. The predicted octanol–water partition coefficient (Wildman–Crippen LogP) is 3.48. The van der Waals surface area contributed by atoms with Crippen molar-refractivity contribution in [3.8, 4) is 0 Å². The van der Waals surface area contributed by atoms with E-state index in [2.05, 4.69) is 5.32 Å². The molecule has 2 aliphatic carbocycles. The van der Waals surface area contributed by atoms with Gasteiger partial charge in [-0.2, -0.15) is 13.2 Å². The van der Waals surface area contributed by atoms with Crippen molar-refractivity contribution in [2.24, 2.45) is 23.7 Å². The quantitative estimate of drug-likeness (QED) is 0.829. The van der Waals surface area contributed by atoms with E-state index in [1.807, 2.05) is 12.2 Å². The molecule has 0 aliphatic heterocycles. The van der Waals surface area contributed by atoms with E-state index >= 15 is 0 Å². The SMILES string of the molecule is Cc1ccc(C(F)(F)F)cc1NC(=O)C1C2C=CC(C2)C1C(=O)O. The molecule has 4 nitrogen and oxygen atoms in total. The Balaban J connectivity index is 1.85. The maximum Gasteiger partial charge on any atom is 0.416 e. The molecule has 1 aromatic carbocycles. The van der Waals surface area contributed by atoms with Gasteiger partial charge in [-0.15, -0.1) is 0 Å². The predicted molar refractivity (Wildman–Crippen MR) is 80.2 cm³/mol. The van der Waals surface area contributed by atoms with Gasteiger partial charge in [-0.25, -0.2) is 0 Å². The van der Waals surface area contributed by atoms with Crippen LogP contribution in [0.4, 0.5) is 18.9 Å². The molecule has 2 N–H and O–H groups in total. The zero-order chi connectivity index (χ0) is 17.6. The zero-order valence-corrected chi connectivity index (χ0v) is 12.8. The molecule has 0 saturated heterocycles. The summed E-state index contributed by atoms with van der Waals surface area (Å²) in [7, 11) is 0. The number of hydrogen-bond donors (Lipinski definition) is 2. The van der Waals surface area contributed by atoms with Crippen molar-refractivity contribution in [2.75, 3.05) is 5.32 Å². The number of aryl methyl sites for hydroxylation is 1. The van der Waals surface area contributed by atoms with Crippen molar-refractivity contribution >= 4 is 17.6 Å². The van der Waals surface area contributed by atoms with Gasteiger partial charge in [0, 0.05) is 5.69 Å². The molecule has 1 aromatic rings. The molecule has 2 aliphatic rings. The average molecular weight is 339 g/mol. The number of carboxylic acids is 1. The Morgan fingerprint density at radius 1 is 1.17 bits per heavy atom. The van der Waals surface area contributed by atoms with E-state index < -0.39 is 35.5 Å². The minimum atomic E-state index is -4.51. The number of rotatable bonds is 3. The number of aliphatic carboxylic acids is 1. The summed E-state index contributed by atoms with van der Waals surface area (Å²) in [6.45, 7) is 1.59. The largest absolute Gasteiger partial charge is 0.481 e. The van der Waals surface area contributed by atoms with Crippen LogP contribution in [0.2, 0.25) is 0 Å². The van der Waals surface area contributed by atoms with E-state index in [1.165, 1.54) is 6.07 Å². The summed E-state index contributed by atoms with van der Waals surface area (Å²) < 4.78 is 38.5. The first kappa shape index (κ1) is 16.5. The molecule has 4 atom stereocenters. The van der Waals surface area contributed by atoms with E-state index in [4.69, 9.17) is 0 Å². The molecule has 4 unspecified atom stereocenters. The average Bonchev–Trinajstić information content (AvgIpc) is 3.08. The van der Waals surface area contributed by atoms with Crippen LogP contribution in [-0.4, -0.2) is 17.0 Å². The van der Waals surface area contributed by atoms with Crippen LogP contribution in [0, 0.1) is 30.6 Å². The first-order valence-corrected chi connectivity index (χ1v) is 7.58. The van der Waals surface area contributed by atoms with Crippen LogP contribution in [0.3, 0.4) is 0 Å². The number of halogens is 3. The summed E-state index contributed by atoms with van der Waals surface area (Å²) >= 11 is 0. The Morgan fingerprint density at radius 2 is 1.79 bits per heavy atom. The number of fused-ring (bicyclic) bond motifs is 2. The lowest BCUT2D eigenvalue weighted by Crippen LogP contribution is -2.36. The fraction of sp³-hybridized carbons (Fsp3) is 0.412. The Bertz CT molecular complexity index is 726. The second kappa shape index (κ2) is 5.65. The zero-order valence-electron chi connectivity index (χ0n) is 12.8. The molecule has 1 saturated carbocycles. The first-order valence-electron chi connectivity index (χ1n) is 7.58. The number of anilines is 1. The van der Waals surface area contributed by atoms with Gasteiger partial charge in [0.1, 0.15) is 0 Å². The molecule has 0 aromatic heterocycles. The standard InChI is InChI=1S/C17H16F3NO3/c1-8-2-5-11(17(18,19)20)7-12(8)21-15(22)13-9-3-4-10(6-9)14(13)16(23)24/h2-5,7,9-10,13-14H,6H2,1H3,(H,21,22)(H,23,24). The van der Waals surface area contributed by atoms with Crippen LogP contribution in [0.15, 0.2) is 30.4 Å². The molecule has 7 heteroatoms. The number of amides is 1. The van der Waals surface area contributed by atoms with Crippen molar-refractivity contribution in [1.82, 2.24) is 0 Å². The van der Waals surface area contributed by atoms with Crippen molar-refractivity contribution in [3.05, 3.63) is 41.5 Å². The molecule has 1 amide bonds. The number of carboxylic acid groups (broad SMARTS) is 1. The topological polar surface area (TPSA) is 66.4 Å². The molecule has 0 radical (unpaired) electrons. The molecular weight excluding hydrogens is 323 g/mol. The maximum atomic E-state index is 12.8. The third kappa shape index (κ3) is 2.79. The molecule has 0 spiro atoms. The second-order valence-corrected chi connectivity index (χ2v) is 6.35. The molecule has 0 heterocycles. The fourth-order valence-corrected chi connectivity index (χ4v) is 3.67. The highest BCUT2D eigenvalue weighted by atomic mass is 19.4. The summed E-state index contributed by atoms with van der Waals surface area (Å²) in [6, 6.07) is 3.12. The summed E-state index contributed by atoms with van der Waals surface area (Å²) in [5.41, 5.74) is -0.307. The van der Waals surface area contributed by atoms with Crippen LogP contribution in [0.25, 0.3) is 0 Å². The number of carbonyl (C=O) groups is 2. The van der Waals surface area contributed by atoms with E-state index in [0.717, 1.165) is 12.1 Å². The van der Waals surface area contributed by atoms with Gasteiger partial charge in [-0.1, -0.05) is 18.2 Å². The molecule has 1 fully saturated rings. The van der Waals surface area contributed by atoms with Gasteiger partial charge >= 0.3 is 12.1 Å². The number of carbonyl (C=O) groups excluding carboxylic acids is 1. The summed E-state index contributed by atoms with van der Waals surface area (Å²) in [5, 5.41) is 11.9. The van der Waals surface area contributed by atoms with Crippen molar-refractivity contribution in [3.63, 3.8) is 0 Å². The van der Waals surface area contributed by atoms with Gasteiger partial charge in [-0.05, 0) is 42.9 Å². The third-order valence-electron chi connectivity index (χ3n) is 4.87. The van der Waals surface area contributed by atoms with Crippen LogP contribution in [0.1, 0.15) is 17.5 Å². The summed E-state index contributed by atoms with van der Waals surface area (Å²) in [6.07, 6.45) is -0.279. The van der Waals surface area contributed by atoms with Gasteiger partial charge in [-0.3, -0.25) is 9.59 Å². The van der Waals surface area contributed by atoms with Crippen LogP contribution in [0.5, 0.6) is 0 Å². The molecule has 3 rings (SSSR count). The Kier molecular flexibility index (Phi) is 3.89. The van der Waals surface area contributed by atoms with Gasteiger partial charge in [0.2, 0.25) is 5.91 Å². The number of nitrogens with one attached hydrogen (secondary N) is 1. The monoisotopic (exact) mass is 339 g/mol. The molecular formula is C17H16F3NO3. The number of alkyl halides is 3. The smallest absolute Gasteiger partial charge is 0.416 e. The Morgan fingerprint density at radius 3 is 2.38 bits per heavy atom. The maximum absolute atomic E-state index is 12.8. The van der Waals surface area contributed by atoms with Gasteiger partial charge < -0.3 is 10.4 Å². The third-order valence-corrected chi connectivity index (χ3v) is 4.87. The molecule has 2 bridgehead atoms. The normalized spacial score (nSPS) is 28.2. The van der Waals surface area contributed by atoms with E-state index in [9.17, 15) is 27.9 Å². The lowest BCUT2D eigenvalue weighted by Gasteiger charge is -2.24. The minimum Gasteiger partial charge on any atom is -0.481 e. The van der Waals surface area contributed by atoms with E-state index in [0.29, 0.717) is 12.0 Å². The Hall–Kier alpha value is -2.31. The Labute approximate surface area is 136 Å². The van der Waals surface area contributed by atoms with Crippen LogP contribution < -0.4 is 5.32 Å². The van der Waals surface area contributed by atoms with Crippen LogP contribution in [-0.2, 0) is 15.8 Å². The van der Waals surface area contributed by atoms with Crippen molar-refractivity contribution in [1.29, 1.82) is 0 Å². The van der Waals surface area contributed by atoms with Crippen molar-refractivity contribution in [2.45, 2.75) is 19.5 Å².